The second kappa shape index (κ2) is 5.01. The lowest BCUT2D eigenvalue weighted by Gasteiger charge is -2.07. The van der Waals surface area contributed by atoms with Gasteiger partial charge in [0.1, 0.15) is 4.60 Å². The second-order valence-electron chi connectivity index (χ2n) is 3.42. The molecule has 0 unspecified atom stereocenters. The lowest BCUT2D eigenvalue weighted by atomic mass is 10.1. The minimum Gasteiger partial charge on any atom is -0.505 e. The molecule has 2 aromatic rings. The number of carbonyl (C=O) groups is 1. The topological polar surface area (TPSA) is 101 Å². The van der Waals surface area contributed by atoms with Crippen LogP contribution in [0.25, 0.3) is 0 Å². The van der Waals surface area contributed by atoms with Crippen LogP contribution in [0.15, 0.2) is 35.2 Å². The molecule has 1 heterocycles. The molecule has 0 spiro atoms. The molecule has 0 fully saturated rings. The Kier molecular flexibility index (Phi) is 3.42. The van der Waals surface area contributed by atoms with E-state index in [1.54, 1.807) is 6.07 Å². The lowest BCUT2D eigenvalue weighted by Crippen LogP contribution is -2.13. The number of benzene rings is 1. The van der Waals surface area contributed by atoms with E-state index in [1.807, 2.05) is 0 Å². The molecule has 0 aliphatic carbocycles. The zero-order valence-electron chi connectivity index (χ0n) is 9.09. The van der Waals surface area contributed by atoms with E-state index in [1.165, 1.54) is 24.5 Å². The van der Waals surface area contributed by atoms with Gasteiger partial charge in [0.05, 0.1) is 23.6 Å². The van der Waals surface area contributed by atoms with E-state index in [9.17, 15) is 9.90 Å². The Labute approximate surface area is 111 Å². The number of hydrogen-bond acceptors (Lipinski definition) is 5. The number of rotatable bonds is 2. The fourth-order valence-corrected chi connectivity index (χ4v) is 1.51. The van der Waals surface area contributed by atoms with Gasteiger partial charge in [-0.2, -0.15) is 0 Å². The van der Waals surface area contributed by atoms with Crippen LogP contribution in [0.1, 0.15) is 10.4 Å². The summed E-state index contributed by atoms with van der Waals surface area (Å²) in [4.78, 5) is 19.7. The number of halogens is 1. The molecule has 6 nitrogen and oxygen atoms in total. The summed E-state index contributed by atoms with van der Waals surface area (Å²) in [6.45, 7) is 0. The number of para-hydroxylation sites is 1. The van der Waals surface area contributed by atoms with Crippen molar-refractivity contribution in [2.75, 3.05) is 11.1 Å². The highest BCUT2D eigenvalue weighted by molar-refractivity contribution is 9.10. The smallest absolute Gasteiger partial charge is 0.260 e. The highest BCUT2D eigenvalue weighted by atomic mass is 79.9. The number of phenolic OH excluding ortho intramolecular Hbond substituents is 1. The quantitative estimate of drug-likeness (QED) is 0.580. The normalized spacial score (nSPS) is 10.1. The Morgan fingerprint density at radius 1 is 1.33 bits per heavy atom. The van der Waals surface area contributed by atoms with Gasteiger partial charge in [-0.25, -0.2) is 9.97 Å². The SMILES string of the molecule is Nc1cccc(C(=O)Nc2cnc(Br)cn2)c1O. The van der Waals surface area contributed by atoms with Crippen molar-refractivity contribution in [3.05, 3.63) is 40.8 Å². The van der Waals surface area contributed by atoms with Gasteiger partial charge in [0.15, 0.2) is 11.6 Å². The van der Waals surface area contributed by atoms with Crippen LogP contribution < -0.4 is 11.1 Å². The number of nitrogens with one attached hydrogen (secondary N) is 1. The zero-order valence-corrected chi connectivity index (χ0v) is 10.7. The van der Waals surface area contributed by atoms with Gasteiger partial charge < -0.3 is 16.2 Å². The predicted molar refractivity (Wildman–Crippen MR) is 70.2 cm³/mol. The maximum Gasteiger partial charge on any atom is 0.260 e. The fraction of sp³-hybridized carbons (Fsp3) is 0. The Morgan fingerprint density at radius 2 is 2.11 bits per heavy atom. The summed E-state index contributed by atoms with van der Waals surface area (Å²) in [6, 6.07) is 4.55. The lowest BCUT2D eigenvalue weighted by molar-refractivity contribution is 0.102. The monoisotopic (exact) mass is 308 g/mol. The van der Waals surface area contributed by atoms with Gasteiger partial charge in [0.2, 0.25) is 0 Å². The summed E-state index contributed by atoms with van der Waals surface area (Å²) >= 11 is 3.13. The van der Waals surface area contributed by atoms with Crippen LogP contribution in [0.4, 0.5) is 11.5 Å². The molecule has 0 aliphatic heterocycles. The van der Waals surface area contributed by atoms with Gasteiger partial charge in [-0.05, 0) is 28.1 Å². The summed E-state index contributed by atoms with van der Waals surface area (Å²) < 4.78 is 0.562. The summed E-state index contributed by atoms with van der Waals surface area (Å²) in [5.41, 5.74) is 5.73. The van der Waals surface area contributed by atoms with Crippen LogP contribution in [-0.2, 0) is 0 Å². The maximum absolute atomic E-state index is 11.9. The third-order valence-corrected chi connectivity index (χ3v) is 2.58. The summed E-state index contributed by atoms with van der Waals surface area (Å²) in [5.74, 6) is -0.471. The molecule has 0 bridgehead atoms. The molecule has 1 aromatic carbocycles. The number of carbonyl (C=O) groups excluding carboxylic acids is 1. The van der Waals surface area contributed by atoms with E-state index < -0.39 is 5.91 Å². The Hall–Kier alpha value is -2.15. The van der Waals surface area contributed by atoms with Gasteiger partial charge in [-0.15, -0.1) is 0 Å². The fourth-order valence-electron chi connectivity index (χ4n) is 1.31. The van der Waals surface area contributed by atoms with Crippen LogP contribution in [0, 0.1) is 0 Å². The molecule has 0 aliphatic rings. The van der Waals surface area contributed by atoms with Gasteiger partial charge in [0, 0.05) is 0 Å². The first-order valence-electron chi connectivity index (χ1n) is 4.94. The van der Waals surface area contributed by atoms with E-state index in [0.717, 1.165) is 0 Å². The minimum absolute atomic E-state index is 0.0831. The molecular formula is C11H9BrN4O2. The number of hydrogen-bond donors (Lipinski definition) is 3. The largest absolute Gasteiger partial charge is 0.505 e. The number of amides is 1. The molecule has 7 heteroatoms. The summed E-state index contributed by atoms with van der Waals surface area (Å²) in [7, 11) is 0. The molecule has 0 saturated heterocycles. The first kappa shape index (κ1) is 12.3. The van der Waals surface area contributed by atoms with Crippen molar-refractivity contribution >= 4 is 33.3 Å². The van der Waals surface area contributed by atoms with E-state index >= 15 is 0 Å². The van der Waals surface area contributed by atoms with Crippen molar-refractivity contribution < 1.29 is 9.90 Å². The van der Waals surface area contributed by atoms with Crippen LogP contribution in [0.3, 0.4) is 0 Å². The van der Waals surface area contributed by atoms with E-state index in [-0.39, 0.29) is 22.8 Å². The molecule has 4 N–H and O–H groups in total. The average molecular weight is 309 g/mol. The van der Waals surface area contributed by atoms with Crippen LogP contribution in [-0.4, -0.2) is 21.0 Å². The minimum atomic E-state index is -0.503. The zero-order chi connectivity index (χ0) is 13.1. The highest BCUT2D eigenvalue weighted by Crippen LogP contribution is 2.24. The number of nitrogens with two attached hydrogens (primary N) is 1. The molecule has 1 aromatic heterocycles. The molecule has 0 atom stereocenters. The van der Waals surface area contributed by atoms with Gasteiger partial charge in [0.25, 0.3) is 5.91 Å². The second-order valence-corrected chi connectivity index (χ2v) is 4.23. The van der Waals surface area contributed by atoms with Crippen molar-refractivity contribution in [2.24, 2.45) is 0 Å². The standard InChI is InChI=1S/C11H9BrN4O2/c12-8-4-15-9(5-14-8)16-11(18)6-2-1-3-7(13)10(6)17/h1-5,17H,13H2,(H,15,16,18). The summed E-state index contributed by atoms with van der Waals surface area (Å²) in [6.07, 6.45) is 2.85. The summed E-state index contributed by atoms with van der Waals surface area (Å²) in [5, 5.41) is 12.2. The van der Waals surface area contributed by atoms with Crippen molar-refractivity contribution in [1.29, 1.82) is 0 Å². The maximum atomic E-state index is 11.9. The molecule has 2 rings (SSSR count). The Balaban J connectivity index is 2.22. The van der Waals surface area contributed by atoms with Gasteiger partial charge in [-0.3, -0.25) is 4.79 Å². The van der Waals surface area contributed by atoms with Crippen LogP contribution in [0.2, 0.25) is 0 Å². The van der Waals surface area contributed by atoms with Crippen molar-refractivity contribution in [3.63, 3.8) is 0 Å². The highest BCUT2D eigenvalue weighted by Gasteiger charge is 2.13. The number of aromatic nitrogens is 2. The van der Waals surface area contributed by atoms with Crippen molar-refractivity contribution in [2.45, 2.75) is 0 Å². The van der Waals surface area contributed by atoms with E-state index in [4.69, 9.17) is 5.73 Å². The third-order valence-electron chi connectivity index (χ3n) is 2.17. The molecule has 18 heavy (non-hydrogen) atoms. The first-order valence-corrected chi connectivity index (χ1v) is 5.73. The first-order chi connectivity index (χ1) is 8.58. The molecule has 92 valence electrons. The predicted octanol–water partition coefficient (Wildman–Crippen LogP) is 1.78. The van der Waals surface area contributed by atoms with E-state index in [2.05, 4.69) is 31.2 Å². The number of nitrogens with zero attached hydrogens (tertiary/aromatic N) is 2. The number of phenols is 1. The van der Waals surface area contributed by atoms with Crippen molar-refractivity contribution in [1.82, 2.24) is 9.97 Å². The Morgan fingerprint density at radius 3 is 2.78 bits per heavy atom. The van der Waals surface area contributed by atoms with Gasteiger partial charge >= 0.3 is 0 Å². The van der Waals surface area contributed by atoms with Gasteiger partial charge in [-0.1, -0.05) is 6.07 Å². The van der Waals surface area contributed by atoms with Crippen LogP contribution >= 0.6 is 15.9 Å². The van der Waals surface area contributed by atoms with Crippen LogP contribution in [0.5, 0.6) is 5.75 Å². The molecular weight excluding hydrogens is 300 g/mol. The third kappa shape index (κ3) is 2.57. The van der Waals surface area contributed by atoms with E-state index in [0.29, 0.717) is 4.60 Å². The Bertz CT molecular complexity index is 586. The van der Waals surface area contributed by atoms with Crippen molar-refractivity contribution in [3.8, 4) is 5.75 Å². The number of nitrogen functional groups attached to an aromatic ring is 1. The molecule has 1 amide bonds. The molecule has 0 radical (unpaired) electrons. The average Bonchev–Trinajstić information content (AvgIpc) is 2.35. The molecule has 0 saturated carbocycles. The number of aromatic hydroxyl groups is 1. The number of anilines is 2.